The summed E-state index contributed by atoms with van der Waals surface area (Å²) in [4.78, 5) is 11.6. The van der Waals surface area contributed by atoms with Gasteiger partial charge < -0.3 is 10.4 Å². The zero-order valence-electron chi connectivity index (χ0n) is 11.4. The molecule has 0 heterocycles. The largest absolute Gasteiger partial charge is 0.480 e. The van der Waals surface area contributed by atoms with Gasteiger partial charge in [0, 0.05) is 16.6 Å². The molecule has 0 aliphatic rings. The third kappa shape index (κ3) is 4.04. The highest BCUT2D eigenvalue weighted by atomic mass is 79.9. The van der Waals surface area contributed by atoms with Gasteiger partial charge in [-0.1, -0.05) is 28.1 Å². The summed E-state index contributed by atoms with van der Waals surface area (Å²) in [7, 11) is 0. The van der Waals surface area contributed by atoms with Gasteiger partial charge in [-0.25, -0.2) is 9.18 Å². The van der Waals surface area contributed by atoms with Crippen molar-refractivity contribution in [3.05, 3.63) is 64.4 Å². The van der Waals surface area contributed by atoms with E-state index >= 15 is 0 Å². The molecule has 2 rings (SSSR count). The molecule has 2 aromatic rings. The first kappa shape index (κ1) is 15.5. The van der Waals surface area contributed by atoms with Crippen molar-refractivity contribution in [2.24, 2.45) is 0 Å². The molecule has 0 spiro atoms. The van der Waals surface area contributed by atoms with Crippen LogP contribution >= 0.6 is 15.9 Å². The molecule has 0 amide bonds. The highest BCUT2D eigenvalue weighted by Gasteiger charge is 2.33. The Morgan fingerprint density at radius 1 is 1.29 bits per heavy atom. The zero-order chi connectivity index (χ0) is 15.5. The van der Waals surface area contributed by atoms with Crippen LogP contribution in [0.4, 0.5) is 10.1 Å². The van der Waals surface area contributed by atoms with E-state index in [1.807, 2.05) is 12.1 Å². The average molecular weight is 352 g/mol. The van der Waals surface area contributed by atoms with Gasteiger partial charge in [0.25, 0.3) is 0 Å². The molecule has 2 aromatic carbocycles. The lowest BCUT2D eigenvalue weighted by molar-refractivity contribution is -0.141. The van der Waals surface area contributed by atoms with Crippen molar-refractivity contribution >= 4 is 27.6 Å². The van der Waals surface area contributed by atoms with E-state index in [1.165, 1.54) is 12.1 Å². The number of halogens is 2. The van der Waals surface area contributed by atoms with Crippen LogP contribution in [0.25, 0.3) is 0 Å². The summed E-state index contributed by atoms with van der Waals surface area (Å²) in [6.45, 7) is 1.59. The van der Waals surface area contributed by atoms with E-state index < -0.39 is 11.5 Å². The second-order valence-electron chi connectivity index (χ2n) is 5.08. The predicted octanol–water partition coefficient (Wildman–Crippen LogP) is 4.09. The fourth-order valence-electron chi connectivity index (χ4n) is 2.08. The standard InChI is InChI=1S/C16H15BrFNO2/c1-16(15(20)21,10-11-3-2-4-13(18)9-11)19-14-7-5-12(17)6-8-14/h2-9,19H,10H2,1H3,(H,20,21). The van der Waals surface area contributed by atoms with Gasteiger partial charge in [-0.2, -0.15) is 0 Å². The van der Waals surface area contributed by atoms with Crippen LogP contribution in [0.5, 0.6) is 0 Å². The number of hydrogen-bond acceptors (Lipinski definition) is 2. The number of nitrogens with one attached hydrogen (secondary N) is 1. The Kier molecular flexibility index (Phi) is 4.63. The van der Waals surface area contributed by atoms with Gasteiger partial charge in [-0.3, -0.25) is 0 Å². The molecular weight excluding hydrogens is 337 g/mol. The molecule has 0 aliphatic heterocycles. The van der Waals surface area contributed by atoms with Crippen molar-refractivity contribution in [1.29, 1.82) is 0 Å². The summed E-state index contributed by atoms with van der Waals surface area (Å²) >= 11 is 3.33. The van der Waals surface area contributed by atoms with Crippen molar-refractivity contribution in [2.75, 3.05) is 5.32 Å². The number of carbonyl (C=O) groups is 1. The Hall–Kier alpha value is -1.88. The quantitative estimate of drug-likeness (QED) is 0.852. The van der Waals surface area contributed by atoms with Crippen molar-refractivity contribution in [3.63, 3.8) is 0 Å². The normalized spacial score (nSPS) is 13.5. The Balaban J connectivity index is 2.23. The number of carboxylic acid groups (broad SMARTS) is 1. The van der Waals surface area contributed by atoms with E-state index in [4.69, 9.17) is 0 Å². The summed E-state index contributed by atoms with van der Waals surface area (Å²) in [5.41, 5.74) is 0.103. The first-order valence-corrected chi connectivity index (χ1v) is 7.20. The lowest BCUT2D eigenvalue weighted by Gasteiger charge is -2.27. The molecule has 110 valence electrons. The lowest BCUT2D eigenvalue weighted by atomic mass is 9.92. The first-order chi connectivity index (χ1) is 9.89. The number of carboxylic acids is 1. The van der Waals surface area contributed by atoms with Crippen LogP contribution in [0.1, 0.15) is 12.5 Å². The van der Waals surface area contributed by atoms with E-state index in [2.05, 4.69) is 21.2 Å². The topological polar surface area (TPSA) is 49.3 Å². The summed E-state index contributed by atoms with van der Waals surface area (Å²) < 4.78 is 14.2. The molecule has 0 saturated carbocycles. The molecule has 0 saturated heterocycles. The summed E-state index contributed by atoms with van der Waals surface area (Å²) in [5, 5.41) is 12.5. The van der Waals surface area contributed by atoms with E-state index in [9.17, 15) is 14.3 Å². The maximum Gasteiger partial charge on any atom is 0.329 e. The lowest BCUT2D eigenvalue weighted by Crippen LogP contribution is -2.45. The summed E-state index contributed by atoms with van der Waals surface area (Å²) in [5.74, 6) is -1.36. The molecular formula is C16H15BrFNO2. The van der Waals surface area contributed by atoms with E-state index in [0.717, 1.165) is 4.47 Å². The minimum atomic E-state index is -1.22. The van der Waals surface area contributed by atoms with Gasteiger partial charge in [0.1, 0.15) is 11.4 Å². The van der Waals surface area contributed by atoms with Crippen LogP contribution in [-0.2, 0) is 11.2 Å². The van der Waals surface area contributed by atoms with Gasteiger partial charge in [-0.15, -0.1) is 0 Å². The van der Waals surface area contributed by atoms with Gasteiger partial charge in [0.2, 0.25) is 0 Å². The number of hydrogen-bond donors (Lipinski definition) is 2. The number of benzene rings is 2. The zero-order valence-corrected chi connectivity index (χ0v) is 13.0. The molecule has 1 atom stereocenters. The van der Waals surface area contributed by atoms with Crippen LogP contribution < -0.4 is 5.32 Å². The number of aliphatic carboxylic acids is 1. The fourth-order valence-corrected chi connectivity index (χ4v) is 2.34. The molecule has 2 N–H and O–H groups in total. The third-order valence-corrected chi connectivity index (χ3v) is 3.71. The first-order valence-electron chi connectivity index (χ1n) is 6.41. The van der Waals surface area contributed by atoms with Crippen LogP contribution in [0.15, 0.2) is 53.0 Å². The van der Waals surface area contributed by atoms with Crippen molar-refractivity contribution in [1.82, 2.24) is 0 Å². The van der Waals surface area contributed by atoms with Crippen LogP contribution in [0.3, 0.4) is 0 Å². The Labute approximate surface area is 130 Å². The van der Waals surface area contributed by atoms with Gasteiger partial charge in [-0.05, 0) is 48.9 Å². The molecule has 0 bridgehead atoms. The predicted molar refractivity (Wildman–Crippen MR) is 83.9 cm³/mol. The smallest absolute Gasteiger partial charge is 0.329 e. The SMILES string of the molecule is CC(Cc1cccc(F)c1)(Nc1ccc(Br)cc1)C(=O)O. The minimum absolute atomic E-state index is 0.177. The minimum Gasteiger partial charge on any atom is -0.480 e. The van der Waals surface area contributed by atoms with Crippen molar-refractivity contribution in [2.45, 2.75) is 18.9 Å². The second-order valence-corrected chi connectivity index (χ2v) is 5.99. The van der Waals surface area contributed by atoms with Crippen molar-refractivity contribution in [3.8, 4) is 0 Å². The van der Waals surface area contributed by atoms with Crippen LogP contribution in [0, 0.1) is 5.82 Å². The van der Waals surface area contributed by atoms with E-state index in [0.29, 0.717) is 11.3 Å². The van der Waals surface area contributed by atoms with Crippen molar-refractivity contribution < 1.29 is 14.3 Å². The van der Waals surface area contributed by atoms with Crippen LogP contribution in [-0.4, -0.2) is 16.6 Å². The summed E-state index contributed by atoms with van der Waals surface area (Å²) in [6.07, 6.45) is 0.177. The highest BCUT2D eigenvalue weighted by molar-refractivity contribution is 9.10. The Morgan fingerprint density at radius 3 is 2.52 bits per heavy atom. The molecule has 0 radical (unpaired) electrons. The molecule has 0 aromatic heterocycles. The molecule has 21 heavy (non-hydrogen) atoms. The Morgan fingerprint density at radius 2 is 1.95 bits per heavy atom. The van der Waals surface area contributed by atoms with Gasteiger partial charge in [0.05, 0.1) is 0 Å². The van der Waals surface area contributed by atoms with Gasteiger partial charge >= 0.3 is 5.97 Å². The van der Waals surface area contributed by atoms with E-state index in [-0.39, 0.29) is 12.2 Å². The summed E-state index contributed by atoms with van der Waals surface area (Å²) in [6, 6.07) is 13.2. The molecule has 5 heteroatoms. The van der Waals surface area contributed by atoms with Gasteiger partial charge in [0.15, 0.2) is 0 Å². The third-order valence-electron chi connectivity index (χ3n) is 3.18. The molecule has 0 aliphatic carbocycles. The Bertz CT molecular complexity index is 645. The maximum absolute atomic E-state index is 13.2. The average Bonchev–Trinajstić information content (AvgIpc) is 2.41. The highest BCUT2D eigenvalue weighted by Crippen LogP contribution is 2.22. The van der Waals surface area contributed by atoms with E-state index in [1.54, 1.807) is 31.2 Å². The number of anilines is 1. The number of rotatable bonds is 5. The second kappa shape index (κ2) is 6.26. The molecule has 3 nitrogen and oxygen atoms in total. The van der Waals surface area contributed by atoms with Crippen LogP contribution in [0.2, 0.25) is 0 Å². The molecule has 1 unspecified atom stereocenters. The molecule has 0 fully saturated rings. The monoisotopic (exact) mass is 351 g/mol. The fraction of sp³-hybridized carbons (Fsp3) is 0.188. The maximum atomic E-state index is 13.2.